The van der Waals surface area contributed by atoms with Crippen molar-refractivity contribution in [3.63, 3.8) is 0 Å². The lowest BCUT2D eigenvalue weighted by molar-refractivity contribution is -0.118. The van der Waals surface area contributed by atoms with Gasteiger partial charge in [-0.25, -0.2) is 0 Å². The number of carbonyl (C=O) groups is 1. The Bertz CT molecular complexity index is 1270. The van der Waals surface area contributed by atoms with Crippen LogP contribution in [0.1, 0.15) is 30.1 Å². The predicted molar refractivity (Wildman–Crippen MR) is 109 cm³/mol. The molecule has 1 unspecified atom stereocenters. The van der Waals surface area contributed by atoms with Gasteiger partial charge in [-0.2, -0.15) is 9.78 Å². The third-order valence-corrected chi connectivity index (χ3v) is 5.10. The number of anilines is 1. The van der Waals surface area contributed by atoms with Gasteiger partial charge in [-0.15, -0.1) is 0 Å². The van der Waals surface area contributed by atoms with E-state index < -0.39 is 6.04 Å². The van der Waals surface area contributed by atoms with Gasteiger partial charge < -0.3 is 14.4 Å². The molecule has 4 rings (SSSR count). The number of hydrogen-bond donors (Lipinski definition) is 1. The first-order chi connectivity index (χ1) is 13.9. The van der Waals surface area contributed by atoms with Crippen molar-refractivity contribution in [1.82, 2.24) is 19.5 Å². The van der Waals surface area contributed by atoms with Gasteiger partial charge in [-0.05, 0) is 39.8 Å². The number of para-hydroxylation sites is 1. The number of benzene rings is 1. The van der Waals surface area contributed by atoms with E-state index in [1.807, 2.05) is 48.7 Å². The lowest BCUT2D eigenvalue weighted by Gasteiger charge is -2.17. The van der Waals surface area contributed by atoms with Crippen LogP contribution >= 0.6 is 0 Å². The Kier molecular flexibility index (Phi) is 4.54. The van der Waals surface area contributed by atoms with Gasteiger partial charge in [0.2, 0.25) is 5.91 Å². The molecule has 0 radical (unpaired) electrons. The van der Waals surface area contributed by atoms with Crippen LogP contribution in [0.4, 0.5) is 5.82 Å². The summed E-state index contributed by atoms with van der Waals surface area (Å²) in [6.07, 6.45) is 1.67. The number of nitrogens with zero attached hydrogens (tertiary/aromatic N) is 4. The molecule has 0 saturated carbocycles. The number of aryl methyl sites for hydroxylation is 3. The minimum absolute atomic E-state index is 0.215. The highest BCUT2D eigenvalue weighted by molar-refractivity contribution is 5.94. The summed E-state index contributed by atoms with van der Waals surface area (Å²) in [5, 5.41) is 12.2. The van der Waals surface area contributed by atoms with E-state index in [0.29, 0.717) is 28.3 Å². The number of amides is 1. The number of carbonyl (C=O) groups excluding carboxylic acids is 1. The largest absolute Gasteiger partial charge is 0.360 e. The number of rotatable bonds is 4. The molecule has 1 amide bonds. The number of hydrogen-bond acceptors (Lipinski definition) is 5. The third kappa shape index (κ3) is 3.12. The summed E-state index contributed by atoms with van der Waals surface area (Å²) in [5.41, 5.74) is 2.00. The van der Waals surface area contributed by atoms with E-state index in [-0.39, 0.29) is 11.5 Å². The molecular weight excluding hydrogens is 370 g/mol. The zero-order valence-corrected chi connectivity index (χ0v) is 16.6. The van der Waals surface area contributed by atoms with Gasteiger partial charge in [0.25, 0.3) is 5.56 Å². The summed E-state index contributed by atoms with van der Waals surface area (Å²) in [7, 11) is 0. The van der Waals surface area contributed by atoms with Crippen LogP contribution in [-0.4, -0.2) is 25.4 Å². The van der Waals surface area contributed by atoms with Crippen molar-refractivity contribution >= 4 is 22.5 Å². The molecule has 0 aliphatic carbocycles. The maximum absolute atomic E-state index is 13.2. The highest BCUT2D eigenvalue weighted by Gasteiger charge is 2.24. The topological polar surface area (TPSA) is 95.0 Å². The zero-order valence-electron chi connectivity index (χ0n) is 16.6. The Balaban J connectivity index is 1.78. The minimum Gasteiger partial charge on any atom is -0.360 e. The fourth-order valence-electron chi connectivity index (χ4n) is 3.69. The molecule has 29 heavy (non-hydrogen) atoms. The molecule has 0 saturated heterocycles. The maximum Gasteiger partial charge on any atom is 0.281 e. The van der Waals surface area contributed by atoms with E-state index in [1.165, 1.54) is 4.68 Å². The van der Waals surface area contributed by atoms with Crippen LogP contribution in [0.3, 0.4) is 0 Å². The van der Waals surface area contributed by atoms with Gasteiger partial charge in [0.15, 0.2) is 5.82 Å². The molecule has 3 heterocycles. The van der Waals surface area contributed by atoms with Crippen LogP contribution in [0, 0.1) is 20.8 Å². The van der Waals surface area contributed by atoms with E-state index >= 15 is 0 Å². The number of fused-ring (bicyclic) bond motifs is 1. The molecule has 1 atom stereocenters. The average molecular weight is 391 g/mol. The standard InChI is InChI=1S/C21H21N5O3/c1-12-10-18(24-29-12)23-20(27)15(4)25-13(2)17-11-22-26(16-8-6-5-7-9-16)21(28)19(17)14(25)3/h5-11,15H,1-4H3,(H,23,24,27). The molecule has 4 aromatic rings. The van der Waals surface area contributed by atoms with Crippen molar-refractivity contribution in [2.75, 3.05) is 5.32 Å². The Morgan fingerprint density at radius 2 is 1.86 bits per heavy atom. The fraction of sp³-hybridized carbons (Fsp3) is 0.238. The van der Waals surface area contributed by atoms with Crippen LogP contribution in [0.15, 0.2) is 51.9 Å². The van der Waals surface area contributed by atoms with Gasteiger partial charge in [-0.1, -0.05) is 23.4 Å². The van der Waals surface area contributed by atoms with E-state index in [4.69, 9.17) is 4.52 Å². The molecule has 0 fully saturated rings. The zero-order chi connectivity index (χ0) is 20.7. The molecule has 8 nitrogen and oxygen atoms in total. The van der Waals surface area contributed by atoms with Gasteiger partial charge >= 0.3 is 0 Å². The Morgan fingerprint density at radius 1 is 1.14 bits per heavy atom. The van der Waals surface area contributed by atoms with Crippen LogP contribution in [-0.2, 0) is 4.79 Å². The Morgan fingerprint density at radius 3 is 2.52 bits per heavy atom. The summed E-state index contributed by atoms with van der Waals surface area (Å²) < 4.78 is 8.22. The van der Waals surface area contributed by atoms with Crippen LogP contribution in [0.25, 0.3) is 16.5 Å². The molecular formula is C21H21N5O3. The van der Waals surface area contributed by atoms with Crippen molar-refractivity contribution in [2.24, 2.45) is 0 Å². The highest BCUT2D eigenvalue weighted by atomic mass is 16.5. The van der Waals surface area contributed by atoms with E-state index in [2.05, 4.69) is 15.6 Å². The second-order valence-electron chi connectivity index (χ2n) is 7.01. The van der Waals surface area contributed by atoms with Crippen molar-refractivity contribution in [2.45, 2.75) is 33.7 Å². The second-order valence-corrected chi connectivity index (χ2v) is 7.01. The highest BCUT2D eigenvalue weighted by Crippen LogP contribution is 2.27. The number of aromatic nitrogens is 4. The van der Waals surface area contributed by atoms with Crippen molar-refractivity contribution in [1.29, 1.82) is 0 Å². The quantitative estimate of drug-likeness (QED) is 0.576. The lowest BCUT2D eigenvalue weighted by atomic mass is 10.2. The average Bonchev–Trinajstić information content (AvgIpc) is 3.23. The molecule has 0 aliphatic heterocycles. The summed E-state index contributed by atoms with van der Waals surface area (Å²) in [6, 6.07) is 10.4. The molecule has 0 bridgehead atoms. The Hall–Kier alpha value is -3.68. The van der Waals surface area contributed by atoms with Gasteiger partial charge in [-0.3, -0.25) is 9.59 Å². The summed E-state index contributed by atoms with van der Waals surface area (Å²) in [5.74, 6) is 0.722. The van der Waals surface area contributed by atoms with Crippen LogP contribution in [0.2, 0.25) is 0 Å². The second kappa shape index (κ2) is 7.05. The van der Waals surface area contributed by atoms with Gasteiger partial charge in [0.05, 0.1) is 17.3 Å². The molecule has 1 aromatic carbocycles. The molecule has 3 aromatic heterocycles. The lowest BCUT2D eigenvalue weighted by Crippen LogP contribution is -2.25. The molecule has 1 N–H and O–H groups in total. The predicted octanol–water partition coefficient (Wildman–Crippen LogP) is 3.30. The molecule has 148 valence electrons. The summed E-state index contributed by atoms with van der Waals surface area (Å²) >= 11 is 0. The summed E-state index contributed by atoms with van der Waals surface area (Å²) in [4.78, 5) is 25.9. The monoisotopic (exact) mass is 391 g/mol. The van der Waals surface area contributed by atoms with Gasteiger partial charge in [0, 0.05) is 22.8 Å². The third-order valence-electron chi connectivity index (χ3n) is 5.10. The maximum atomic E-state index is 13.2. The number of nitrogens with one attached hydrogen (secondary N) is 1. The van der Waals surface area contributed by atoms with Crippen LogP contribution < -0.4 is 10.9 Å². The smallest absolute Gasteiger partial charge is 0.281 e. The first-order valence-electron chi connectivity index (χ1n) is 9.27. The first-order valence-corrected chi connectivity index (χ1v) is 9.27. The van der Waals surface area contributed by atoms with Gasteiger partial charge in [0.1, 0.15) is 11.8 Å². The first kappa shape index (κ1) is 18.7. The normalized spacial score (nSPS) is 12.3. The summed E-state index contributed by atoms with van der Waals surface area (Å²) in [6.45, 7) is 7.26. The van der Waals surface area contributed by atoms with E-state index in [1.54, 1.807) is 26.1 Å². The Labute approximate surface area is 166 Å². The molecule has 0 aliphatic rings. The van der Waals surface area contributed by atoms with Crippen molar-refractivity contribution in [3.8, 4) is 5.69 Å². The molecule has 0 spiro atoms. The minimum atomic E-state index is -0.552. The van der Waals surface area contributed by atoms with E-state index in [0.717, 1.165) is 11.1 Å². The van der Waals surface area contributed by atoms with Crippen LogP contribution in [0.5, 0.6) is 0 Å². The van der Waals surface area contributed by atoms with Crippen molar-refractivity contribution < 1.29 is 9.32 Å². The van der Waals surface area contributed by atoms with Crippen molar-refractivity contribution in [3.05, 3.63) is 70.1 Å². The fourth-order valence-corrected chi connectivity index (χ4v) is 3.69. The molecule has 8 heteroatoms. The SMILES string of the molecule is Cc1cc(NC(=O)C(C)n2c(C)c3cnn(-c4ccccc4)c(=O)c3c2C)no1. The van der Waals surface area contributed by atoms with E-state index in [9.17, 15) is 9.59 Å².